The Labute approximate surface area is 160 Å². The molecule has 1 amide bonds. The molecule has 27 heavy (non-hydrogen) atoms. The number of carbonyl (C=O) groups is 1. The van der Waals surface area contributed by atoms with E-state index in [2.05, 4.69) is 30.0 Å². The number of piperazine rings is 1. The lowest BCUT2D eigenvalue weighted by molar-refractivity contribution is 0.0746. The molecule has 1 saturated heterocycles. The molecule has 2 aromatic rings. The molecule has 0 N–H and O–H groups in total. The van der Waals surface area contributed by atoms with Crippen LogP contribution in [0.15, 0.2) is 36.4 Å². The zero-order valence-corrected chi connectivity index (χ0v) is 16.3. The second-order valence-corrected chi connectivity index (χ2v) is 6.48. The third-order valence-corrected chi connectivity index (χ3v) is 4.93. The number of benzene rings is 2. The van der Waals surface area contributed by atoms with Gasteiger partial charge in [-0.2, -0.15) is 0 Å². The highest BCUT2D eigenvalue weighted by atomic mass is 16.5. The van der Waals surface area contributed by atoms with Gasteiger partial charge >= 0.3 is 0 Å². The molecule has 0 saturated carbocycles. The van der Waals surface area contributed by atoms with Crippen LogP contribution in [0.2, 0.25) is 0 Å². The molecular weight excluding hydrogens is 344 g/mol. The van der Waals surface area contributed by atoms with E-state index in [0.29, 0.717) is 35.9 Å². The van der Waals surface area contributed by atoms with Gasteiger partial charge in [0.05, 0.1) is 21.3 Å². The van der Waals surface area contributed by atoms with E-state index in [1.807, 2.05) is 11.0 Å². The number of nitrogens with zero attached hydrogens (tertiary/aromatic N) is 2. The lowest BCUT2D eigenvalue weighted by Gasteiger charge is -2.37. The fraction of sp³-hybridized carbons (Fsp3) is 0.381. The van der Waals surface area contributed by atoms with E-state index >= 15 is 0 Å². The molecule has 1 fully saturated rings. The highest BCUT2D eigenvalue weighted by molar-refractivity contribution is 5.95. The second-order valence-electron chi connectivity index (χ2n) is 6.48. The summed E-state index contributed by atoms with van der Waals surface area (Å²) in [5, 5.41) is 0. The van der Waals surface area contributed by atoms with Gasteiger partial charge in [-0.3, -0.25) is 4.79 Å². The second kappa shape index (κ2) is 8.20. The molecule has 1 heterocycles. The molecule has 2 aromatic carbocycles. The van der Waals surface area contributed by atoms with Crippen molar-refractivity contribution in [3.63, 3.8) is 0 Å². The highest BCUT2D eigenvalue weighted by Gasteiger charge is 2.25. The molecule has 6 nitrogen and oxygen atoms in total. The first-order valence-corrected chi connectivity index (χ1v) is 8.99. The molecule has 0 atom stereocenters. The lowest BCUT2D eigenvalue weighted by atomic mass is 10.1. The van der Waals surface area contributed by atoms with Crippen molar-refractivity contribution >= 4 is 11.6 Å². The number of rotatable bonds is 5. The van der Waals surface area contributed by atoms with E-state index in [4.69, 9.17) is 14.2 Å². The van der Waals surface area contributed by atoms with Crippen molar-refractivity contribution in [2.75, 3.05) is 52.4 Å². The summed E-state index contributed by atoms with van der Waals surface area (Å²) >= 11 is 0. The quantitative estimate of drug-likeness (QED) is 0.810. The Bertz CT molecular complexity index is 789. The Morgan fingerprint density at radius 1 is 0.889 bits per heavy atom. The van der Waals surface area contributed by atoms with Crippen molar-refractivity contribution in [1.29, 1.82) is 0 Å². The van der Waals surface area contributed by atoms with Gasteiger partial charge in [-0.25, -0.2) is 0 Å². The van der Waals surface area contributed by atoms with Gasteiger partial charge in [-0.15, -0.1) is 0 Å². The molecule has 0 radical (unpaired) electrons. The monoisotopic (exact) mass is 370 g/mol. The minimum Gasteiger partial charge on any atom is -0.493 e. The van der Waals surface area contributed by atoms with E-state index in [1.54, 1.807) is 33.5 Å². The summed E-state index contributed by atoms with van der Waals surface area (Å²) in [5.74, 6) is 1.43. The maximum absolute atomic E-state index is 13.0. The van der Waals surface area contributed by atoms with Crippen LogP contribution in [0.5, 0.6) is 17.2 Å². The summed E-state index contributed by atoms with van der Waals surface area (Å²) in [6.07, 6.45) is 0. The van der Waals surface area contributed by atoms with Gasteiger partial charge in [-0.05, 0) is 30.7 Å². The van der Waals surface area contributed by atoms with Crippen LogP contribution in [-0.2, 0) is 0 Å². The Kier molecular flexibility index (Phi) is 5.74. The number of hydrogen-bond donors (Lipinski definition) is 0. The van der Waals surface area contributed by atoms with Crippen LogP contribution in [-0.4, -0.2) is 58.3 Å². The summed E-state index contributed by atoms with van der Waals surface area (Å²) in [6.45, 7) is 5.07. The molecule has 6 heteroatoms. The zero-order valence-electron chi connectivity index (χ0n) is 16.3. The van der Waals surface area contributed by atoms with Crippen LogP contribution in [0, 0.1) is 6.92 Å². The van der Waals surface area contributed by atoms with Gasteiger partial charge in [0, 0.05) is 37.4 Å². The maximum atomic E-state index is 13.0. The highest BCUT2D eigenvalue weighted by Crippen LogP contribution is 2.38. The van der Waals surface area contributed by atoms with Crippen LogP contribution in [0.3, 0.4) is 0 Å². The molecule has 0 aromatic heterocycles. The van der Waals surface area contributed by atoms with Crippen molar-refractivity contribution in [3.05, 3.63) is 47.5 Å². The number of amides is 1. The molecule has 0 aliphatic carbocycles. The van der Waals surface area contributed by atoms with Gasteiger partial charge in [0.15, 0.2) is 11.5 Å². The van der Waals surface area contributed by atoms with E-state index in [0.717, 1.165) is 13.1 Å². The summed E-state index contributed by atoms with van der Waals surface area (Å²) in [5.41, 5.74) is 3.02. The summed E-state index contributed by atoms with van der Waals surface area (Å²) < 4.78 is 16.1. The smallest absolute Gasteiger partial charge is 0.254 e. The number of para-hydroxylation sites is 1. The third-order valence-electron chi connectivity index (χ3n) is 4.93. The SMILES string of the molecule is COc1cc(C(=O)N2CCN(c3ccccc3C)CC2)cc(OC)c1OC. The minimum absolute atomic E-state index is 0.0290. The predicted octanol–water partition coefficient (Wildman–Crippen LogP) is 2.98. The number of hydrogen-bond acceptors (Lipinski definition) is 5. The molecule has 3 rings (SSSR count). The van der Waals surface area contributed by atoms with Crippen molar-refractivity contribution in [2.45, 2.75) is 6.92 Å². The molecule has 0 spiro atoms. The van der Waals surface area contributed by atoms with Crippen LogP contribution < -0.4 is 19.1 Å². The van der Waals surface area contributed by atoms with Crippen molar-refractivity contribution in [2.24, 2.45) is 0 Å². The number of carbonyl (C=O) groups excluding carboxylic acids is 1. The Morgan fingerprint density at radius 3 is 2.00 bits per heavy atom. The molecule has 1 aliphatic rings. The Balaban J connectivity index is 1.75. The molecule has 1 aliphatic heterocycles. The third kappa shape index (κ3) is 3.79. The molecular formula is C21H26N2O4. The predicted molar refractivity (Wildman–Crippen MR) is 105 cm³/mol. The first kappa shape index (κ1) is 18.9. The van der Waals surface area contributed by atoms with Crippen LogP contribution in [0.4, 0.5) is 5.69 Å². The number of ether oxygens (including phenoxy) is 3. The summed E-state index contributed by atoms with van der Waals surface area (Å²) in [6, 6.07) is 11.8. The number of aryl methyl sites for hydroxylation is 1. The van der Waals surface area contributed by atoms with E-state index in [1.165, 1.54) is 11.3 Å². The average molecular weight is 370 g/mol. The van der Waals surface area contributed by atoms with Crippen LogP contribution in [0.25, 0.3) is 0 Å². The zero-order chi connectivity index (χ0) is 19.4. The lowest BCUT2D eigenvalue weighted by Crippen LogP contribution is -2.49. The van der Waals surface area contributed by atoms with Crippen LogP contribution in [0.1, 0.15) is 15.9 Å². The van der Waals surface area contributed by atoms with Crippen molar-refractivity contribution < 1.29 is 19.0 Å². The number of anilines is 1. The summed E-state index contributed by atoms with van der Waals surface area (Å²) in [4.78, 5) is 17.2. The van der Waals surface area contributed by atoms with E-state index in [9.17, 15) is 4.79 Å². The minimum atomic E-state index is -0.0290. The standard InChI is InChI=1S/C21H26N2O4/c1-15-7-5-6-8-17(15)22-9-11-23(12-10-22)21(24)16-13-18(25-2)20(27-4)19(14-16)26-3/h5-8,13-14H,9-12H2,1-4H3. The van der Waals surface area contributed by atoms with E-state index < -0.39 is 0 Å². The normalized spacial score (nSPS) is 14.1. The van der Waals surface area contributed by atoms with Gasteiger partial charge in [0.25, 0.3) is 5.91 Å². The molecule has 0 bridgehead atoms. The fourth-order valence-electron chi connectivity index (χ4n) is 3.46. The average Bonchev–Trinajstić information content (AvgIpc) is 2.72. The Morgan fingerprint density at radius 2 is 1.48 bits per heavy atom. The van der Waals surface area contributed by atoms with Gasteiger partial charge < -0.3 is 24.0 Å². The molecule has 0 unspecified atom stereocenters. The first-order valence-electron chi connectivity index (χ1n) is 8.99. The van der Waals surface area contributed by atoms with Crippen molar-refractivity contribution in [1.82, 2.24) is 4.90 Å². The topological polar surface area (TPSA) is 51.2 Å². The van der Waals surface area contributed by atoms with Crippen molar-refractivity contribution in [3.8, 4) is 17.2 Å². The van der Waals surface area contributed by atoms with E-state index in [-0.39, 0.29) is 5.91 Å². The Hall–Kier alpha value is -2.89. The summed E-state index contributed by atoms with van der Waals surface area (Å²) in [7, 11) is 4.64. The number of methoxy groups -OCH3 is 3. The van der Waals surface area contributed by atoms with Crippen LogP contribution >= 0.6 is 0 Å². The van der Waals surface area contributed by atoms with Gasteiger partial charge in [-0.1, -0.05) is 18.2 Å². The largest absolute Gasteiger partial charge is 0.493 e. The van der Waals surface area contributed by atoms with Gasteiger partial charge in [0.1, 0.15) is 0 Å². The maximum Gasteiger partial charge on any atom is 0.254 e. The first-order chi connectivity index (χ1) is 13.1. The molecule has 144 valence electrons. The fourth-order valence-corrected chi connectivity index (χ4v) is 3.46. The van der Waals surface area contributed by atoms with Gasteiger partial charge in [0.2, 0.25) is 5.75 Å².